The van der Waals surface area contributed by atoms with Gasteiger partial charge in [-0.1, -0.05) is 12.5 Å². The third kappa shape index (κ3) is 9.40. The van der Waals surface area contributed by atoms with Gasteiger partial charge in [-0.3, -0.25) is 9.79 Å². The number of guanidine groups is 1. The highest BCUT2D eigenvalue weighted by atomic mass is 127. The van der Waals surface area contributed by atoms with Crippen molar-refractivity contribution < 1.29 is 14.3 Å². The van der Waals surface area contributed by atoms with Crippen LogP contribution in [0.5, 0.6) is 11.5 Å². The number of aliphatic imine (C=N–C) groups is 1. The molecule has 1 fully saturated rings. The monoisotopic (exact) mass is 532 g/mol. The smallest absolute Gasteiger partial charge is 0.223 e. The number of carbonyl (C=O) groups excluding carboxylic acids is 1. The third-order valence-electron chi connectivity index (χ3n) is 4.96. The molecule has 3 N–H and O–H groups in total. The SMILES string of the molecule is CN=C(NCCCOc1cccc(OC)c1)NC1CCCC(C(=O)NC(C)C)C1.I. The fraction of sp³-hybridized carbons (Fsp3) is 0.636. The maximum Gasteiger partial charge on any atom is 0.223 e. The first kappa shape index (κ1) is 26.3. The number of halogens is 1. The lowest BCUT2D eigenvalue weighted by Gasteiger charge is -2.30. The number of nitrogens with one attached hydrogen (secondary N) is 3. The van der Waals surface area contributed by atoms with Crippen LogP contribution in [0.15, 0.2) is 29.3 Å². The molecule has 0 saturated heterocycles. The first-order chi connectivity index (χ1) is 14.0. The molecule has 1 aromatic rings. The summed E-state index contributed by atoms with van der Waals surface area (Å²) < 4.78 is 11.0. The standard InChI is InChI=1S/C22H36N4O3.HI/c1-16(2)25-21(27)17-8-5-9-18(14-17)26-22(23-3)24-12-7-13-29-20-11-6-10-19(15-20)28-4;/h6,10-11,15-18H,5,7-9,12-14H2,1-4H3,(H,25,27)(H2,23,24,26);1H. The van der Waals surface area contributed by atoms with E-state index in [1.54, 1.807) is 14.2 Å². The molecule has 0 radical (unpaired) electrons. The quantitative estimate of drug-likeness (QED) is 0.197. The van der Waals surface area contributed by atoms with Gasteiger partial charge in [0.15, 0.2) is 5.96 Å². The van der Waals surface area contributed by atoms with Crippen molar-refractivity contribution >= 4 is 35.8 Å². The number of methoxy groups -OCH3 is 1. The van der Waals surface area contributed by atoms with E-state index in [0.29, 0.717) is 6.61 Å². The summed E-state index contributed by atoms with van der Waals surface area (Å²) in [5.41, 5.74) is 0. The van der Waals surface area contributed by atoms with Crippen LogP contribution in [-0.2, 0) is 4.79 Å². The van der Waals surface area contributed by atoms with Crippen molar-refractivity contribution in [3.05, 3.63) is 24.3 Å². The summed E-state index contributed by atoms with van der Waals surface area (Å²) in [5.74, 6) is 2.63. The second kappa shape index (κ2) is 14.3. The largest absolute Gasteiger partial charge is 0.497 e. The molecule has 0 spiro atoms. The van der Waals surface area contributed by atoms with Crippen molar-refractivity contribution in [2.24, 2.45) is 10.9 Å². The Bertz CT molecular complexity index is 670. The Balaban J connectivity index is 0.00000450. The number of carbonyl (C=O) groups is 1. The summed E-state index contributed by atoms with van der Waals surface area (Å²) in [6.45, 7) is 5.37. The Labute approximate surface area is 197 Å². The average molecular weight is 532 g/mol. The lowest BCUT2D eigenvalue weighted by molar-refractivity contribution is -0.126. The predicted molar refractivity (Wildman–Crippen MR) is 132 cm³/mol. The Hall–Kier alpha value is -1.71. The first-order valence-electron chi connectivity index (χ1n) is 10.6. The molecule has 30 heavy (non-hydrogen) atoms. The third-order valence-corrected chi connectivity index (χ3v) is 4.96. The molecule has 2 rings (SSSR count). The number of hydrogen-bond donors (Lipinski definition) is 3. The van der Waals surface area contributed by atoms with Gasteiger partial charge in [-0.25, -0.2) is 0 Å². The number of amides is 1. The van der Waals surface area contributed by atoms with Crippen LogP contribution in [0.3, 0.4) is 0 Å². The minimum Gasteiger partial charge on any atom is -0.497 e. The molecule has 1 aliphatic carbocycles. The van der Waals surface area contributed by atoms with Crippen LogP contribution < -0.4 is 25.4 Å². The fourth-order valence-corrected chi connectivity index (χ4v) is 3.51. The van der Waals surface area contributed by atoms with Crippen molar-refractivity contribution in [3.8, 4) is 11.5 Å². The van der Waals surface area contributed by atoms with Gasteiger partial charge in [-0.05, 0) is 51.7 Å². The van der Waals surface area contributed by atoms with E-state index < -0.39 is 0 Å². The number of rotatable bonds is 9. The molecule has 1 saturated carbocycles. The maximum absolute atomic E-state index is 12.3. The van der Waals surface area contributed by atoms with E-state index in [-0.39, 0.29) is 47.9 Å². The summed E-state index contributed by atoms with van der Waals surface area (Å²) in [4.78, 5) is 16.6. The summed E-state index contributed by atoms with van der Waals surface area (Å²) in [7, 11) is 3.42. The summed E-state index contributed by atoms with van der Waals surface area (Å²) in [6.07, 6.45) is 4.77. The van der Waals surface area contributed by atoms with E-state index in [1.165, 1.54) is 0 Å². The molecule has 7 nitrogen and oxygen atoms in total. The van der Waals surface area contributed by atoms with E-state index >= 15 is 0 Å². The van der Waals surface area contributed by atoms with Gasteiger partial charge < -0.3 is 25.4 Å². The van der Waals surface area contributed by atoms with Crippen molar-refractivity contribution in [2.75, 3.05) is 27.3 Å². The number of hydrogen-bond acceptors (Lipinski definition) is 4. The topological polar surface area (TPSA) is 84.0 Å². The minimum atomic E-state index is 0. The second-order valence-electron chi connectivity index (χ2n) is 7.75. The highest BCUT2D eigenvalue weighted by molar-refractivity contribution is 14.0. The summed E-state index contributed by atoms with van der Waals surface area (Å²) in [6, 6.07) is 8.06. The van der Waals surface area contributed by atoms with Crippen LogP contribution in [-0.4, -0.2) is 51.3 Å². The van der Waals surface area contributed by atoms with Crippen LogP contribution in [0.2, 0.25) is 0 Å². The Morgan fingerprint density at radius 1 is 1.27 bits per heavy atom. The van der Waals surface area contributed by atoms with Crippen molar-refractivity contribution in [2.45, 2.75) is 58.0 Å². The first-order valence-corrected chi connectivity index (χ1v) is 10.6. The van der Waals surface area contributed by atoms with Crippen LogP contribution in [0.25, 0.3) is 0 Å². The Morgan fingerprint density at radius 2 is 2.03 bits per heavy atom. The Morgan fingerprint density at radius 3 is 2.73 bits per heavy atom. The molecule has 1 aromatic carbocycles. The van der Waals surface area contributed by atoms with Crippen LogP contribution in [0.1, 0.15) is 46.0 Å². The molecule has 2 atom stereocenters. The molecule has 2 unspecified atom stereocenters. The van der Waals surface area contributed by atoms with Gasteiger partial charge in [0, 0.05) is 37.7 Å². The molecule has 0 aromatic heterocycles. The van der Waals surface area contributed by atoms with Crippen molar-refractivity contribution in [1.29, 1.82) is 0 Å². The molecule has 8 heteroatoms. The van der Waals surface area contributed by atoms with E-state index in [9.17, 15) is 4.79 Å². The maximum atomic E-state index is 12.3. The van der Waals surface area contributed by atoms with Gasteiger partial charge in [0.25, 0.3) is 0 Å². The number of benzene rings is 1. The van der Waals surface area contributed by atoms with Gasteiger partial charge in [-0.2, -0.15) is 0 Å². The summed E-state index contributed by atoms with van der Waals surface area (Å²) in [5, 5.41) is 9.84. The minimum absolute atomic E-state index is 0. The molecule has 0 heterocycles. The molecule has 0 aliphatic heterocycles. The van der Waals surface area contributed by atoms with Gasteiger partial charge >= 0.3 is 0 Å². The van der Waals surface area contributed by atoms with Gasteiger partial charge in [-0.15, -0.1) is 24.0 Å². The molecule has 0 bridgehead atoms. The van der Waals surface area contributed by atoms with E-state index in [4.69, 9.17) is 9.47 Å². The number of ether oxygens (including phenoxy) is 2. The lowest BCUT2D eigenvalue weighted by atomic mass is 9.85. The molecule has 1 aliphatic rings. The molecular formula is C22H37IN4O3. The van der Waals surface area contributed by atoms with Gasteiger partial charge in [0.1, 0.15) is 11.5 Å². The summed E-state index contributed by atoms with van der Waals surface area (Å²) >= 11 is 0. The lowest BCUT2D eigenvalue weighted by Crippen LogP contribution is -2.47. The van der Waals surface area contributed by atoms with Crippen LogP contribution >= 0.6 is 24.0 Å². The second-order valence-corrected chi connectivity index (χ2v) is 7.75. The molecule has 1 amide bonds. The van der Waals surface area contributed by atoms with Crippen molar-refractivity contribution in [1.82, 2.24) is 16.0 Å². The number of nitrogens with zero attached hydrogens (tertiary/aromatic N) is 1. The molecule has 170 valence electrons. The van der Waals surface area contributed by atoms with E-state index in [1.807, 2.05) is 38.1 Å². The highest BCUT2D eigenvalue weighted by Gasteiger charge is 2.27. The van der Waals surface area contributed by atoms with Crippen LogP contribution in [0, 0.1) is 5.92 Å². The zero-order chi connectivity index (χ0) is 21.1. The van der Waals surface area contributed by atoms with Crippen LogP contribution in [0.4, 0.5) is 0 Å². The Kier molecular flexibility index (Phi) is 12.6. The zero-order valence-corrected chi connectivity index (χ0v) is 20.9. The average Bonchev–Trinajstić information content (AvgIpc) is 2.72. The fourth-order valence-electron chi connectivity index (χ4n) is 3.51. The zero-order valence-electron chi connectivity index (χ0n) is 18.6. The predicted octanol–water partition coefficient (Wildman–Crippen LogP) is 3.33. The van der Waals surface area contributed by atoms with E-state index in [0.717, 1.165) is 56.1 Å². The van der Waals surface area contributed by atoms with Gasteiger partial charge in [0.2, 0.25) is 5.91 Å². The van der Waals surface area contributed by atoms with Gasteiger partial charge in [0.05, 0.1) is 13.7 Å². The van der Waals surface area contributed by atoms with Crippen molar-refractivity contribution in [3.63, 3.8) is 0 Å². The normalized spacial score (nSPS) is 18.9. The van der Waals surface area contributed by atoms with E-state index in [2.05, 4.69) is 20.9 Å². The molecular weight excluding hydrogens is 495 g/mol. The highest BCUT2D eigenvalue weighted by Crippen LogP contribution is 2.24.